The lowest BCUT2D eigenvalue weighted by atomic mass is 9.76. The number of carboxylic acid groups (broad SMARTS) is 1. The summed E-state index contributed by atoms with van der Waals surface area (Å²) >= 11 is 0. The number of ether oxygens (including phenoxy) is 1. The van der Waals surface area contributed by atoms with Crippen molar-refractivity contribution in [3.05, 3.63) is 0 Å². The van der Waals surface area contributed by atoms with Crippen LogP contribution in [-0.2, 0) is 14.3 Å². The average Bonchev–Trinajstić information content (AvgIpc) is 2.41. The second-order valence-corrected chi connectivity index (χ2v) is 5.20. The van der Waals surface area contributed by atoms with Crippen LogP contribution in [0.1, 0.15) is 6.92 Å². The molecule has 0 radical (unpaired) electrons. The molecule has 0 aliphatic carbocycles. The number of aliphatic hydroxyl groups is 6. The highest BCUT2D eigenvalue weighted by molar-refractivity contribution is 5.88. The van der Waals surface area contributed by atoms with Crippen LogP contribution in [0, 0.1) is 5.92 Å². The molecule has 2 unspecified atom stereocenters. The van der Waals surface area contributed by atoms with Gasteiger partial charge in [-0.25, -0.2) is 4.79 Å². The first-order valence-electron chi connectivity index (χ1n) is 6.21. The number of aliphatic hydroxyl groups excluding tert-OH is 4. The molecule has 128 valence electrons. The maximum atomic E-state index is 11.5. The number of ketones is 1. The SMILES string of the molecule is CC(=O)C1[C@H](O)[C@](N)(O)[C@H]([C@H](O)[C@H](O)CO)OC1(O)C(=O)O. The number of aliphatic carboxylic acids is 1. The molecule has 1 aliphatic rings. The third-order valence-corrected chi connectivity index (χ3v) is 3.61. The number of hydrogen-bond acceptors (Lipinski definition) is 10. The van der Waals surface area contributed by atoms with Crippen molar-refractivity contribution in [1.82, 2.24) is 0 Å². The van der Waals surface area contributed by atoms with E-state index in [1.807, 2.05) is 0 Å². The maximum absolute atomic E-state index is 11.5. The highest BCUT2D eigenvalue weighted by Crippen LogP contribution is 2.39. The summed E-state index contributed by atoms with van der Waals surface area (Å²) in [4.78, 5) is 22.7. The molecule has 0 saturated carbocycles. The van der Waals surface area contributed by atoms with Gasteiger partial charge in [0.2, 0.25) is 0 Å². The molecular weight excluding hydrogens is 306 g/mol. The van der Waals surface area contributed by atoms with Gasteiger partial charge in [-0.05, 0) is 6.92 Å². The molecule has 9 N–H and O–H groups in total. The second-order valence-electron chi connectivity index (χ2n) is 5.20. The van der Waals surface area contributed by atoms with Gasteiger partial charge in [0.25, 0.3) is 5.79 Å². The highest BCUT2D eigenvalue weighted by atomic mass is 16.7. The molecule has 1 saturated heterocycles. The van der Waals surface area contributed by atoms with E-state index in [2.05, 4.69) is 4.74 Å². The Labute approximate surface area is 124 Å². The largest absolute Gasteiger partial charge is 0.477 e. The standard InChI is InChI=1S/C11H19NO10/c1-3(14)5-7(17)10(12,20)8(6(16)4(15)2-13)22-11(5,21)9(18)19/h4-8,13,15-17,20-21H,2,12H2,1H3,(H,18,19)/t4-,5?,6-,7+,8+,10+,11?/m1/s1. The first-order valence-corrected chi connectivity index (χ1v) is 6.21. The van der Waals surface area contributed by atoms with E-state index in [1.54, 1.807) is 0 Å². The van der Waals surface area contributed by atoms with Gasteiger partial charge in [-0.2, -0.15) is 0 Å². The van der Waals surface area contributed by atoms with Gasteiger partial charge in [0.15, 0.2) is 5.72 Å². The second kappa shape index (κ2) is 6.14. The molecule has 7 atom stereocenters. The summed E-state index contributed by atoms with van der Waals surface area (Å²) in [6, 6.07) is 0. The van der Waals surface area contributed by atoms with Crippen LogP contribution in [0.15, 0.2) is 0 Å². The fraction of sp³-hybridized carbons (Fsp3) is 0.818. The minimum Gasteiger partial charge on any atom is -0.477 e. The van der Waals surface area contributed by atoms with Crippen molar-refractivity contribution < 1.29 is 50.1 Å². The van der Waals surface area contributed by atoms with Gasteiger partial charge in [0.05, 0.1) is 6.61 Å². The Balaban J connectivity index is 3.35. The molecule has 11 nitrogen and oxygen atoms in total. The van der Waals surface area contributed by atoms with Crippen molar-refractivity contribution in [2.75, 3.05) is 6.61 Å². The number of carbonyl (C=O) groups excluding carboxylic acids is 1. The number of carboxylic acids is 1. The minimum absolute atomic E-state index is 0.834. The van der Waals surface area contributed by atoms with E-state index >= 15 is 0 Å². The van der Waals surface area contributed by atoms with E-state index < -0.39 is 60.2 Å². The first-order chi connectivity index (χ1) is 9.91. The smallest absolute Gasteiger partial charge is 0.365 e. The molecule has 1 heterocycles. The number of Topliss-reactive ketones (excluding diaryl/α,β-unsaturated/α-hetero) is 1. The predicted octanol–water partition coefficient (Wildman–Crippen LogP) is -4.91. The van der Waals surface area contributed by atoms with Crippen molar-refractivity contribution in [2.24, 2.45) is 11.7 Å². The molecule has 0 spiro atoms. The normalized spacial score (nSPS) is 41.7. The molecule has 1 rings (SSSR count). The van der Waals surface area contributed by atoms with Crippen molar-refractivity contribution in [3.63, 3.8) is 0 Å². The van der Waals surface area contributed by atoms with Crippen molar-refractivity contribution in [2.45, 2.75) is 42.9 Å². The molecular formula is C11H19NO10. The summed E-state index contributed by atoms with van der Waals surface area (Å²) in [6.07, 6.45) is -8.61. The minimum atomic E-state index is -3.29. The van der Waals surface area contributed by atoms with Gasteiger partial charge in [-0.3, -0.25) is 10.5 Å². The molecule has 1 fully saturated rings. The van der Waals surface area contributed by atoms with Gasteiger partial charge in [-0.15, -0.1) is 0 Å². The zero-order valence-electron chi connectivity index (χ0n) is 11.5. The Morgan fingerprint density at radius 2 is 1.82 bits per heavy atom. The predicted molar refractivity (Wildman–Crippen MR) is 65.9 cm³/mol. The Morgan fingerprint density at radius 3 is 2.18 bits per heavy atom. The van der Waals surface area contributed by atoms with Crippen LogP contribution in [0.5, 0.6) is 0 Å². The molecule has 0 aromatic carbocycles. The lowest BCUT2D eigenvalue weighted by molar-refractivity contribution is -0.356. The molecule has 0 aromatic heterocycles. The Hall–Kier alpha value is -1.18. The summed E-state index contributed by atoms with van der Waals surface area (Å²) in [7, 11) is 0. The molecule has 0 aromatic rings. The topological polar surface area (TPSA) is 211 Å². The lowest BCUT2D eigenvalue weighted by Crippen LogP contribution is -2.77. The summed E-state index contributed by atoms with van der Waals surface area (Å²) in [6.45, 7) is -0.171. The summed E-state index contributed by atoms with van der Waals surface area (Å²) in [5, 5.41) is 67.0. The van der Waals surface area contributed by atoms with E-state index in [0.717, 1.165) is 6.92 Å². The van der Waals surface area contributed by atoms with Crippen LogP contribution in [0.25, 0.3) is 0 Å². The van der Waals surface area contributed by atoms with Gasteiger partial charge in [0.1, 0.15) is 36.1 Å². The van der Waals surface area contributed by atoms with Crippen LogP contribution in [0.3, 0.4) is 0 Å². The quantitative estimate of drug-likeness (QED) is 0.224. The number of carbonyl (C=O) groups is 2. The van der Waals surface area contributed by atoms with Crippen LogP contribution in [-0.4, -0.2) is 90.0 Å². The highest BCUT2D eigenvalue weighted by Gasteiger charge is 2.66. The maximum Gasteiger partial charge on any atom is 0.365 e. The van der Waals surface area contributed by atoms with E-state index in [1.165, 1.54) is 0 Å². The number of rotatable bonds is 5. The molecule has 0 amide bonds. The van der Waals surface area contributed by atoms with Crippen LogP contribution in [0.4, 0.5) is 0 Å². The number of nitrogens with two attached hydrogens (primary N) is 1. The van der Waals surface area contributed by atoms with Crippen LogP contribution < -0.4 is 5.73 Å². The Kier molecular flexibility index (Phi) is 5.26. The van der Waals surface area contributed by atoms with Crippen molar-refractivity contribution in [3.8, 4) is 0 Å². The van der Waals surface area contributed by atoms with Gasteiger partial charge in [-0.1, -0.05) is 0 Å². The third kappa shape index (κ3) is 2.85. The van der Waals surface area contributed by atoms with Gasteiger partial charge < -0.3 is 40.5 Å². The fourth-order valence-corrected chi connectivity index (χ4v) is 2.34. The van der Waals surface area contributed by atoms with Crippen molar-refractivity contribution in [1.29, 1.82) is 0 Å². The molecule has 1 aliphatic heterocycles. The summed E-state index contributed by atoms with van der Waals surface area (Å²) in [5.74, 6) is -8.55. The zero-order valence-corrected chi connectivity index (χ0v) is 11.5. The van der Waals surface area contributed by atoms with Gasteiger partial charge >= 0.3 is 5.97 Å². The average molecular weight is 325 g/mol. The van der Waals surface area contributed by atoms with Crippen LogP contribution >= 0.6 is 0 Å². The third-order valence-electron chi connectivity index (χ3n) is 3.61. The molecule has 22 heavy (non-hydrogen) atoms. The monoisotopic (exact) mass is 325 g/mol. The van der Waals surface area contributed by atoms with E-state index in [0.29, 0.717) is 0 Å². The summed E-state index contributed by atoms with van der Waals surface area (Å²) < 4.78 is 4.66. The van der Waals surface area contributed by atoms with E-state index in [9.17, 15) is 35.1 Å². The van der Waals surface area contributed by atoms with Gasteiger partial charge in [0, 0.05) is 0 Å². The lowest BCUT2D eigenvalue weighted by Gasteiger charge is -2.51. The van der Waals surface area contributed by atoms with Crippen molar-refractivity contribution >= 4 is 11.8 Å². The Bertz CT molecular complexity index is 454. The van der Waals surface area contributed by atoms with Crippen LogP contribution in [0.2, 0.25) is 0 Å². The first kappa shape index (κ1) is 18.9. The molecule has 0 bridgehead atoms. The Morgan fingerprint density at radius 1 is 1.32 bits per heavy atom. The molecule has 11 heteroatoms. The van der Waals surface area contributed by atoms with E-state index in [-0.39, 0.29) is 0 Å². The fourth-order valence-electron chi connectivity index (χ4n) is 2.34. The number of hydrogen-bond donors (Lipinski definition) is 8. The van der Waals surface area contributed by atoms with E-state index in [4.69, 9.17) is 15.9 Å². The summed E-state index contributed by atoms with van der Waals surface area (Å²) in [5.41, 5.74) is 2.50. The zero-order chi connectivity index (χ0) is 17.5.